The summed E-state index contributed by atoms with van der Waals surface area (Å²) in [6, 6.07) is 11.6. The Balaban J connectivity index is 1.40. The first-order chi connectivity index (χ1) is 16.0. The van der Waals surface area contributed by atoms with Gasteiger partial charge < -0.3 is 15.0 Å². The number of likely N-dealkylation sites (tertiary alicyclic amines) is 1. The zero-order valence-corrected chi connectivity index (χ0v) is 20.2. The van der Waals surface area contributed by atoms with Crippen LogP contribution in [0.15, 0.2) is 57.9 Å². The molecule has 1 fully saturated rings. The van der Waals surface area contributed by atoms with Crippen molar-refractivity contribution in [2.75, 3.05) is 25.0 Å². The van der Waals surface area contributed by atoms with Crippen LogP contribution in [0.5, 0.6) is 0 Å². The first-order valence-corrected chi connectivity index (χ1v) is 12.5. The molecule has 3 heterocycles. The number of aromatic nitrogens is 2. The summed E-state index contributed by atoms with van der Waals surface area (Å²) in [5, 5.41) is 3.97. The van der Waals surface area contributed by atoms with Gasteiger partial charge in [-0.3, -0.25) is 9.59 Å². The molecule has 33 heavy (non-hydrogen) atoms. The molecule has 7 nitrogen and oxygen atoms in total. The summed E-state index contributed by atoms with van der Waals surface area (Å²) >= 11 is 3.12. The molecule has 3 aromatic rings. The van der Waals surface area contributed by atoms with Crippen molar-refractivity contribution >= 4 is 45.9 Å². The largest absolute Gasteiger partial charge is 0.466 e. The summed E-state index contributed by atoms with van der Waals surface area (Å²) in [7, 11) is 0. The van der Waals surface area contributed by atoms with Crippen molar-refractivity contribution in [3.05, 3.63) is 59.9 Å². The molecule has 1 amide bonds. The third-order valence-corrected chi connectivity index (χ3v) is 7.45. The first kappa shape index (κ1) is 23.3. The second-order valence-electron chi connectivity index (χ2n) is 7.72. The zero-order chi connectivity index (χ0) is 23.2. The quantitative estimate of drug-likeness (QED) is 0.466. The topological polar surface area (TPSA) is 84.4 Å². The van der Waals surface area contributed by atoms with Crippen LogP contribution >= 0.6 is 23.1 Å². The smallest absolute Gasteiger partial charge is 0.309 e. The Bertz CT molecular complexity index is 1110. The number of hydrogen-bond donors (Lipinski definition) is 1. The molecular formula is C24H26N4O3S2. The number of esters is 1. The van der Waals surface area contributed by atoms with E-state index in [0.29, 0.717) is 38.1 Å². The van der Waals surface area contributed by atoms with Gasteiger partial charge in [-0.25, -0.2) is 9.97 Å². The molecule has 9 heteroatoms. The number of benzene rings is 1. The summed E-state index contributed by atoms with van der Waals surface area (Å²) in [6.45, 7) is 5.29. The predicted octanol–water partition coefficient (Wildman–Crippen LogP) is 5.16. The van der Waals surface area contributed by atoms with Gasteiger partial charge in [-0.15, -0.1) is 0 Å². The number of carbonyl (C=O) groups is 2. The number of pyridine rings is 1. The highest BCUT2D eigenvalue weighted by Gasteiger charge is 2.29. The van der Waals surface area contributed by atoms with Crippen molar-refractivity contribution in [2.45, 2.75) is 35.8 Å². The van der Waals surface area contributed by atoms with Crippen LogP contribution in [0.4, 0.5) is 10.9 Å². The highest BCUT2D eigenvalue weighted by molar-refractivity contribution is 8.01. The molecule has 0 radical (unpaired) electrons. The van der Waals surface area contributed by atoms with Gasteiger partial charge >= 0.3 is 5.97 Å². The van der Waals surface area contributed by atoms with E-state index in [0.717, 1.165) is 25.6 Å². The molecule has 1 saturated heterocycles. The summed E-state index contributed by atoms with van der Waals surface area (Å²) < 4.78 is 6.15. The van der Waals surface area contributed by atoms with Gasteiger partial charge in [-0.2, -0.15) is 0 Å². The molecule has 172 valence electrons. The third kappa shape index (κ3) is 5.91. The lowest BCUT2D eigenvalue weighted by Crippen LogP contribution is -2.40. The number of carbonyl (C=O) groups excluding carboxylic acids is 2. The fourth-order valence-corrected chi connectivity index (χ4v) is 5.57. The summed E-state index contributed by atoms with van der Waals surface area (Å²) in [6.07, 6.45) is 4.84. The predicted molar refractivity (Wildman–Crippen MR) is 130 cm³/mol. The van der Waals surface area contributed by atoms with Crippen LogP contribution in [0, 0.1) is 12.8 Å². The maximum Gasteiger partial charge on any atom is 0.309 e. The van der Waals surface area contributed by atoms with Crippen LogP contribution in [-0.2, 0) is 9.53 Å². The Kier molecular flexibility index (Phi) is 7.61. The maximum absolute atomic E-state index is 13.2. The standard InChI is InChI=1S/C24H26N4O3S2/c1-3-31-23(30)17-9-12-28(13-10-17)22(29)19-14-18(8-7-16(19)2)32-21-15-26-24(33-21)27-20-6-4-5-11-25-20/h4-8,11,14-15,17H,3,9-10,12-13H2,1-2H3,(H,25,26,27). The van der Waals surface area contributed by atoms with Crippen molar-refractivity contribution in [1.29, 1.82) is 0 Å². The van der Waals surface area contributed by atoms with Crippen molar-refractivity contribution < 1.29 is 14.3 Å². The monoisotopic (exact) mass is 482 g/mol. The van der Waals surface area contributed by atoms with Crippen LogP contribution in [0.3, 0.4) is 0 Å². The summed E-state index contributed by atoms with van der Waals surface area (Å²) in [5.41, 5.74) is 1.64. The number of aryl methyl sites for hydroxylation is 1. The van der Waals surface area contributed by atoms with Crippen LogP contribution in [0.1, 0.15) is 35.7 Å². The lowest BCUT2D eigenvalue weighted by Gasteiger charge is -2.31. The molecule has 4 rings (SSSR count). The molecule has 0 atom stereocenters. The van der Waals surface area contributed by atoms with Crippen LogP contribution < -0.4 is 5.32 Å². The molecule has 0 bridgehead atoms. The van der Waals surface area contributed by atoms with Crippen molar-refractivity contribution in [2.24, 2.45) is 5.92 Å². The van der Waals surface area contributed by atoms with Gasteiger partial charge in [0.05, 0.1) is 22.9 Å². The summed E-state index contributed by atoms with van der Waals surface area (Å²) in [4.78, 5) is 36.7. The number of hydrogen-bond acceptors (Lipinski definition) is 8. The van der Waals surface area contributed by atoms with E-state index in [1.165, 1.54) is 11.3 Å². The Morgan fingerprint density at radius 3 is 2.76 bits per heavy atom. The van der Waals surface area contributed by atoms with E-state index in [2.05, 4.69) is 15.3 Å². The van der Waals surface area contributed by atoms with Crippen molar-refractivity contribution in [3.63, 3.8) is 0 Å². The minimum absolute atomic E-state index is 0.0130. The Morgan fingerprint density at radius 1 is 1.21 bits per heavy atom. The Morgan fingerprint density at radius 2 is 2.03 bits per heavy atom. The number of nitrogens with one attached hydrogen (secondary N) is 1. The molecule has 0 aliphatic carbocycles. The zero-order valence-electron chi connectivity index (χ0n) is 18.6. The molecule has 1 aliphatic heterocycles. The van der Waals surface area contributed by atoms with Gasteiger partial charge in [0, 0.05) is 29.7 Å². The lowest BCUT2D eigenvalue weighted by molar-refractivity contribution is -0.149. The normalized spacial score (nSPS) is 14.2. The van der Waals surface area contributed by atoms with E-state index in [1.54, 1.807) is 18.0 Å². The number of ether oxygens (including phenoxy) is 1. The van der Waals surface area contributed by atoms with E-state index in [9.17, 15) is 9.59 Å². The lowest BCUT2D eigenvalue weighted by atomic mass is 9.96. The molecule has 1 aliphatic rings. The van der Waals surface area contributed by atoms with Gasteiger partial charge in [0.15, 0.2) is 5.13 Å². The number of rotatable bonds is 7. The third-order valence-electron chi connectivity index (χ3n) is 5.44. The van der Waals surface area contributed by atoms with Gasteiger partial charge in [-0.05, 0) is 56.5 Å². The van der Waals surface area contributed by atoms with Crippen LogP contribution in [0.25, 0.3) is 0 Å². The fourth-order valence-electron chi connectivity index (χ4n) is 3.67. The number of amides is 1. The Hall–Kier alpha value is -2.91. The molecule has 2 aromatic heterocycles. The second-order valence-corrected chi connectivity index (χ2v) is 10.1. The summed E-state index contributed by atoms with van der Waals surface area (Å²) in [5.74, 6) is 0.496. The fraction of sp³-hybridized carbons (Fsp3) is 0.333. The van der Waals surface area contributed by atoms with Crippen LogP contribution in [-0.4, -0.2) is 46.4 Å². The molecule has 0 saturated carbocycles. The molecule has 0 unspecified atom stereocenters. The molecule has 0 spiro atoms. The SMILES string of the molecule is CCOC(=O)C1CCN(C(=O)c2cc(Sc3cnc(Nc4ccccn4)s3)ccc2C)CC1. The number of nitrogens with zero attached hydrogens (tertiary/aromatic N) is 3. The highest BCUT2D eigenvalue weighted by Crippen LogP contribution is 2.36. The molecule has 1 N–H and O–H groups in total. The van der Waals surface area contributed by atoms with E-state index < -0.39 is 0 Å². The van der Waals surface area contributed by atoms with E-state index in [4.69, 9.17) is 4.74 Å². The second kappa shape index (κ2) is 10.8. The minimum Gasteiger partial charge on any atom is -0.466 e. The minimum atomic E-state index is -0.152. The highest BCUT2D eigenvalue weighted by atomic mass is 32.2. The van der Waals surface area contributed by atoms with Gasteiger partial charge in [0.25, 0.3) is 5.91 Å². The average Bonchev–Trinajstić information content (AvgIpc) is 3.27. The van der Waals surface area contributed by atoms with Gasteiger partial charge in [-0.1, -0.05) is 35.2 Å². The number of anilines is 2. The Labute approximate surface area is 201 Å². The van der Waals surface area contributed by atoms with Crippen molar-refractivity contribution in [1.82, 2.24) is 14.9 Å². The van der Waals surface area contributed by atoms with Gasteiger partial charge in [0.1, 0.15) is 5.82 Å². The molecular weight excluding hydrogens is 456 g/mol. The first-order valence-electron chi connectivity index (χ1n) is 10.9. The van der Waals surface area contributed by atoms with Crippen molar-refractivity contribution in [3.8, 4) is 0 Å². The maximum atomic E-state index is 13.2. The average molecular weight is 483 g/mol. The van der Waals surface area contributed by atoms with Crippen LogP contribution in [0.2, 0.25) is 0 Å². The number of thiazole rings is 1. The van der Waals surface area contributed by atoms with Gasteiger partial charge in [0.2, 0.25) is 0 Å². The molecule has 1 aromatic carbocycles. The van der Waals surface area contributed by atoms with E-state index in [1.807, 2.05) is 61.3 Å². The van der Waals surface area contributed by atoms with E-state index >= 15 is 0 Å². The van der Waals surface area contributed by atoms with E-state index in [-0.39, 0.29) is 17.8 Å². The number of piperidine rings is 1.